The van der Waals surface area contributed by atoms with Crippen molar-refractivity contribution in [2.75, 3.05) is 13.1 Å². The lowest BCUT2D eigenvalue weighted by Gasteiger charge is -2.31. The maximum absolute atomic E-state index is 12.5. The van der Waals surface area contributed by atoms with E-state index in [9.17, 15) is 9.59 Å². The second-order valence-corrected chi connectivity index (χ2v) is 6.48. The number of hydrogen-bond acceptors (Lipinski definition) is 7. The lowest BCUT2D eigenvalue weighted by Crippen LogP contribution is -2.41. The Bertz CT molecular complexity index is 954. The molecule has 1 saturated heterocycles. The molecule has 0 saturated carbocycles. The second-order valence-electron chi connectivity index (χ2n) is 6.48. The summed E-state index contributed by atoms with van der Waals surface area (Å²) in [6.07, 6.45) is 3.14. The van der Waals surface area contributed by atoms with Crippen molar-refractivity contribution in [3.63, 3.8) is 0 Å². The minimum atomic E-state index is -0.433. The Morgan fingerprint density at radius 3 is 2.85 bits per heavy atom. The Labute approximate surface area is 154 Å². The fraction of sp³-hybridized carbons (Fsp3) is 0.444. The highest BCUT2D eigenvalue weighted by molar-refractivity contribution is 5.77. The molecule has 4 rings (SSSR count). The normalized spacial score (nSPS) is 15.5. The van der Waals surface area contributed by atoms with Crippen molar-refractivity contribution < 1.29 is 18.5 Å². The standard InChI is InChI=1S/C18H20N4O5/c23-17(7-10-22-14-3-1-2-4-15(14)27-18(22)24)21-8-5-13(6-9-21)25-11-16-19-12-26-20-16/h1-4,12-13H,5-11H2. The molecule has 1 aromatic carbocycles. The number of aromatic nitrogens is 3. The molecular weight excluding hydrogens is 352 g/mol. The van der Waals surface area contributed by atoms with Gasteiger partial charge in [-0.3, -0.25) is 9.36 Å². The van der Waals surface area contributed by atoms with Crippen LogP contribution in [0.4, 0.5) is 0 Å². The first-order valence-electron chi connectivity index (χ1n) is 8.94. The Kier molecular flexibility index (Phi) is 5.01. The van der Waals surface area contributed by atoms with E-state index in [2.05, 4.69) is 14.7 Å². The smallest absolute Gasteiger partial charge is 0.408 e. The predicted molar refractivity (Wildman–Crippen MR) is 93.8 cm³/mol. The third-order valence-corrected chi connectivity index (χ3v) is 4.77. The number of carbonyl (C=O) groups is 1. The summed E-state index contributed by atoms with van der Waals surface area (Å²) >= 11 is 0. The molecule has 1 fully saturated rings. The number of amides is 1. The van der Waals surface area contributed by atoms with E-state index in [4.69, 9.17) is 9.15 Å². The molecular formula is C18H20N4O5. The highest BCUT2D eigenvalue weighted by atomic mass is 16.5. The van der Waals surface area contributed by atoms with Gasteiger partial charge in [0.15, 0.2) is 11.4 Å². The molecule has 0 unspecified atom stereocenters. The van der Waals surface area contributed by atoms with Crippen LogP contribution in [0.3, 0.4) is 0 Å². The van der Waals surface area contributed by atoms with Gasteiger partial charge in [-0.25, -0.2) is 4.79 Å². The number of benzene rings is 1. The number of ether oxygens (including phenoxy) is 1. The monoisotopic (exact) mass is 372 g/mol. The summed E-state index contributed by atoms with van der Waals surface area (Å²) in [7, 11) is 0. The van der Waals surface area contributed by atoms with Crippen LogP contribution in [-0.4, -0.2) is 44.7 Å². The molecule has 9 heteroatoms. The molecule has 1 aliphatic heterocycles. The van der Waals surface area contributed by atoms with Gasteiger partial charge < -0.3 is 18.6 Å². The number of fused-ring (bicyclic) bond motifs is 1. The van der Waals surface area contributed by atoms with E-state index >= 15 is 0 Å². The lowest BCUT2D eigenvalue weighted by molar-refractivity contribution is -0.134. The summed E-state index contributed by atoms with van der Waals surface area (Å²) in [5.41, 5.74) is 1.25. The van der Waals surface area contributed by atoms with Crippen molar-refractivity contribution in [2.24, 2.45) is 0 Å². The van der Waals surface area contributed by atoms with Crippen molar-refractivity contribution in [3.05, 3.63) is 47.0 Å². The number of aryl methyl sites for hydroxylation is 1. The van der Waals surface area contributed by atoms with Crippen LogP contribution in [0.1, 0.15) is 25.1 Å². The Balaban J connectivity index is 1.27. The van der Waals surface area contributed by atoms with E-state index in [0.29, 0.717) is 43.2 Å². The third-order valence-electron chi connectivity index (χ3n) is 4.77. The molecule has 9 nitrogen and oxygen atoms in total. The molecule has 142 valence electrons. The van der Waals surface area contributed by atoms with Crippen LogP contribution >= 0.6 is 0 Å². The molecule has 0 spiro atoms. The minimum Gasteiger partial charge on any atom is -0.408 e. The fourth-order valence-electron chi connectivity index (χ4n) is 3.31. The van der Waals surface area contributed by atoms with E-state index in [1.807, 2.05) is 23.1 Å². The van der Waals surface area contributed by atoms with Gasteiger partial charge in [0.25, 0.3) is 0 Å². The van der Waals surface area contributed by atoms with E-state index in [0.717, 1.165) is 12.8 Å². The second kappa shape index (κ2) is 7.75. The van der Waals surface area contributed by atoms with Crippen molar-refractivity contribution in [3.8, 4) is 0 Å². The van der Waals surface area contributed by atoms with Crippen LogP contribution in [0.25, 0.3) is 11.1 Å². The van der Waals surface area contributed by atoms with Gasteiger partial charge in [0.2, 0.25) is 12.3 Å². The first-order chi connectivity index (χ1) is 13.2. The van der Waals surface area contributed by atoms with E-state index in [1.54, 1.807) is 6.07 Å². The summed E-state index contributed by atoms with van der Waals surface area (Å²) in [6.45, 7) is 1.89. The molecule has 1 amide bonds. The summed E-state index contributed by atoms with van der Waals surface area (Å²) < 4.78 is 17.1. The molecule has 0 bridgehead atoms. The van der Waals surface area contributed by atoms with E-state index in [1.165, 1.54) is 11.0 Å². The average Bonchev–Trinajstić information content (AvgIpc) is 3.32. The minimum absolute atomic E-state index is 0.0313. The SMILES string of the molecule is O=C(CCn1c(=O)oc2ccccc21)N1CCC(OCc2ncon2)CC1. The average molecular weight is 372 g/mol. The van der Waals surface area contributed by atoms with Gasteiger partial charge in [0, 0.05) is 26.1 Å². The number of nitrogens with zero attached hydrogens (tertiary/aromatic N) is 4. The van der Waals surface area contributed by atoms with Gasteiger partial charge in [0.05, 0.1) is 11.6 Å². The van der Waals surface area contributed by atoms with Crippen LogP contribution < -0.4 is 5.76 Å². The molecule has 0 aliphatic carbocycles. The van der Waals surface area contributed by atoms with Gasteiger partial charge in [-0.1, -0.05) is 17.3 Å². The summed E-state index contributed by atoms with van der Waals surface area (Å²) in [4.78, 5) is 30.2. The number of hydrogen-bond donors (Lipinski definition) is 0. The number of carbonyl (C=O) groups excluding carboxylic acids is 1. The van der Waals surface area contributed by atoms with Crippen molar-refractivity contribution in [1.29, 1.82) is 0 Å². The topological polar surface area (TPSA) is 104 Å². The van der Waals surface area contributed by atoms with Gasteiger partial charge in [-0.05, 0) is 25.0 Å². The maximum Gasteiger partial charge on any atom is 0.419 e. The van der Waals surface area contributed by atoms with Crippen LogP contribution in [0, 0.1) is 0 Å². The van der Waals surface area contributed by atoms with E-state index in [-0.39, 0.29) is 18.4 Å². The first-order valence-corrected chi connectivity index (χ1v) is 8.94. The molecule has 3 heterocycles. The van der Waals surface area contributed by atoms with Crippen molar-refractivity contribution >= 4 is 17.0 Å². The molecule has 2 aromatic heterocycles. The zero-order valence-electron chi connectivity index (χ0n) is 14.7. The van der Waals surface area contributed by atoms with Gasteiger partial charge in [0.1, 0.15) is 6.61 Å². The highest BCUT2D eigenvalue weighted by Gasteiger charge is 2.23. The molecule has 3 aromatic rings. The first kappa shape index (κ1) is 17.5. The molecule has 0 radical (unpaired) electrons. The molecule has 1 aliphatic rings. The zero-order valence-corrected chi connectivity index (χ0v) is 14.7. The number of likely N-dealkylation sites (tertiary alicyclic amines) is 1. The largest absolute Gasteiger partial charge is 0.419 e. The quantitative estimate of drug-likeness (QED) is 0.647. The Morgan fingerprint density at radius 1 is 1.26 bits per heavy atom. The number of oxazole rings is 1. The van der Waals surface area contributed by atoms with Crippen LogP contribution in [0.15, 0.2) is 44.4 Å². The molecule has 27 heavy (non-hydrogen) atoms. The molecule has 0 atom stereocenters. The van der Waals surface area contributed by atoms with Crippen LogP contribution in [-0.2, 0) is 22.7 Å². The van der Waals surface area contributed by atoms with Crippen LogP contribution in [0.5, 0.6) is 0 Å². The summed E-state index contributed by atoms with van der Waals surface area (Å²) in [5, 5.41) is 3.71. The van der Waals surface area contributed by atoms with Crippen molar-refractivity contribution in [2.45, 2.75) is 38.5 Å². The molecule has 0 N–H and O–H groups in total. The lowest BCUT2D eigenvalue weighted by atomic mass is 10.1. The summed E-state index contributed by atoms with van der Waals surface area (Å²) in [6, 6.07) is 7.21. The zero-order chi connectivity index (χ0) is 18.6. The Morgan fingerprint density at radius 2 is 2.07 bits per heavy atom. The van der Waals surface area contributed by atoms with Crippen molar-refractivity contribution in [1.82, 2.24) is 19.6 Å². The highest BCUT2D eigenvalue weighted by Crippen LogP contribution is 2.17. The summed E-state index contributed by atoms with van der Waals surface area (Å²) in [5.74, 6) is 0.118. The fourth-order valence-corrected chi connectivity index (χ4v) is 3.31. The van der Waals surface area contributed by atoms with Crippen LogP contribution in [0.2, 0.25) is 0 Å². The predicted octanol–water partition coefficient (Wildman–Crippen LogP) is 1.58. The number of rotatable bonds is 6. The third kappa shape index (κ3) is 3.92. The van der Waals surface area contributed by atoms with Gasteiger partial charge in [-0.15, -0.1) is 0 Å². The number of para-hydroxylation sites is 2. The maximum atomic E-state index is 12.5. The van der Waals surface area contributed by atoms with Gasteiger partial charge >= 0.3 is 5.76 Å². The van der Waals surface area contributed by atoms with Gasteiger partial charge in [-0.2, -0.15) is 4.98 Å². The van der Waals surface area contributed by atoms with E-state index < -0.39 is 5.76 Å². The number of piperidine rings is 1. The Hall–Kier alpha value is -2.94.